The molecule has 4 aliphatic rings. The number of Topliss-reactive ketones (excluding diaryl/α,β-unsaturated/α-hetero) is 1. The zero-order valence-corrected chi connectivity index (χ0v) is 22.5. The summed E-state index contributed by atoms with van der Waals surface area (Å²) in [5, 5.41) is 5.56. The predicted octanol–water partition coefficient (Wildman–Crippen LogP) is 6.87. The first-order chi connectivity index (χ1) is 18.0. The monoisotopic (exact) mass is 574 g/mol. The molecule has 1 aromatic heterocycles. The summed E-state index contributed by atoms with van der Waals surface area (Å²) in [7, 11) is 0. The van der Waals surface area contributed by atoms with Crippen molar-refractivity contribution >= 4 is 56.7 Å². The Balaban J connectivity index is 1.44. The lowest BCUT2D eigenvalue weighted by molar-refractivity contribution is -0.127. The molecule has 3 aromatic rings. The largest absolute Gasteiger partial charge is 0.497 e. The number of hydrogen-bond acceptors (Lipinski definition) is 5. The average Bonchev–Trinajstić information content (AvgIpc) is 3.24. The molecule has 0 spiro atoms. The van der Waals surface area contributed by atoms with Gasteiger partial charge in [-0.3, -0.25) is 4.79 Å². The number of carbonyl (C=O) groups is 1. The lowest BCUT2D eigenvalue weighted by atomic mass is 9.77. The van der Waals surface area contributed by atoms with Gasteiger partial charge in [0.25, 0.3) is 0 Å². The van der Waals surface area contributed by atoms with E-state index in [0.29, 0.717) is 15.4 Å². The molecule has 186 valence electrons. The minimum Gasteiger partial charge on any atom is -0.497 e. The number of aryl methyl sites for hydroxylation is 1. The molecule has 0 N–H and O–H groups in total. The second-order valence-electron chi connectivity index (χ2n) is 9.97. The van der Waals surface area contributed by atoms with Crippen molar-refractivity contribution in [1.82, 2.24) is 9.78 Å². The van der Waals surface area contributed by atoms with Gasteiger partial charge in [0.15, 0.2) is 11.6 Å². The number of halogens is 2. The molecule has 1 aliphatic carbocycles. The standard InChI is InChI=1S/C29H24BrClN4O2/c1-16-26-27(22-15-37-24-12-7-18(30)14-21(24)28(22)36)34-23-5-3-2-4-17(23)6-13-25(34)32-29(26)35(33-16)20-10-8-19(31)9-11-20/h2-6,8-11,13,15,18,21,24,27H,7,12,14H2,1H3. The van der Waals surface area contributed by atoms with Crippen LogP contribution in [0, 0.1) is 12.8 Å². The molecule has 1 fully saturated rings. The lowest BCUT2D eigenvalue weighted by Gasteiger charge is -2.43. The zero-order chi connectivity index (χ0) is 25.3. The maximum Gasteiger partial charge on any atom is 0.171 e. The Bertz CT molecular complexity index is 1520. The second kappa shape index (κ2) is 8.71. The molecular weight excluding hydrogens is 552 g/mol. The Hall–Kier alpha value is -3.16. The van der Waals surface area contributed by atoms with Gasteiger partial charge >= 0.3 is 0 Å². The molecule has 1 saturated carbocycles. The van der Waals surface area contributed by atoms with Gasteiger partial charge in [0.2, 0.25) is 0 Å². The van der Waals surface area contributed by atoms with Crippen molar-refractivity contribution in [3.05, 3.63) is 88.3 Å². The van der Waals surface area contributed by atoms with Crippen molar-refractivity contribution in [1.29, 1.82) is 0 Å². The minimum atomic E-state index is -0.404. The Labute approximate surface area is 228 Å². The molecular formula is C29H24BrClN4O2. The third-order valence-corrected chi connectivity index (χ3v) is 8.85. The number of benzene rings is 2. The van der Waals surface area contributed by atoms with Crippen molar-refractivity contribution in [2.75, 3.05) is 4.90 Å². The van der Waals surface area contributed by atoms with E-state index in [0.717, 1.165) is 59.1 Å². The van der Waals surface area contributed by atoms with Crippen LogP contribution in [0.3, 0.4) is 0 Å². The molecule has 4 unspecified atom stereocenters. The van der Waals surface area contributed by atoms with Gasteiger partial charge in [0, 0.05) is 15.4 Å². The van der Waals surface area contributed by atoms with E-state index in [-0.39, 0.29) is 17.8 Å². The Morgan fingerprint density at radius 1 is 1.08 bits per heavy atom. The molecule has 0 radical (unpaired) electrons. The van der Waals surface area contributed by atoms with E-state index in [4.69, 9.17) is 26.4 Å². The summed E-state index contributed by atoms with van der Waals surface area (Å²) >= 11 is 9.91. The number of alkyl halides is 1. The molecule has 4 heterocycles. The van der Waals surface area contributed by atoms with E-state index >= 15 is 0 Å². The number of ketones is 1. The quantitative estimate of drug-likeness (QED) is 0.313. The zero-order valence-electron chi connectivity index (χ0n) is 20.1. The molecule has 2 aromatic carbocycles. The number of aliphatic imine (C=N–C) groups is 1. The van der Waals surface area contributed by atoms with Gasteiger partial charge in [0.1, 0.15) is 11.9 Å². The van der Waals surface area contributed by atoms with Crippen molar-refractivity contribution in [3.8, 4) is 5.69 Å². The highest BCUT2D eigenvalue weighted by molar-refractivity contribution is 9.09. The first-order valence-electron chi connectivity index (χ1n) is 12.5. The van der Waals surface area contributed by atoms with Crippen LogP contribution in [0.15, 0.2) is 71.4 Å². The number of ether oxygens (including phenoxy) is 1. The highest BCUT2D eigenvalue weighted by Crippen LogP contribution is 2.49. The number of aromatic nitrogens is 2. The second-order valence-corrected chi connectivity index (χ2v) is 11.7. The van der Waals surface area contributed by atoms with Crippen molar-refractivity contribution in [3.63, 3.8) is 0 Å². The van der Waals surface area contributed by atoms with Gasteiger partial charge in [-0.05, 0) is 74.2 Å². The van der Waals surface area contributed by atoms with E-state index < -0.39 is 6.04 Å². The number of amidine groups is 1. The van der Waals surface area contributed by atoms with Gasteiger partial charge in [-0.25, -0.2) is 9.67 Å². The van der Waals surface area contributed by atoms with Gasteiger partial charge in [-0.1, -0.05) is 45.7 Å². The molecule has 4 atom stereocenters. The van der Waals surface area contributed by atoms with E-state index in [1.807, 2.05) is 54.1 Å². The molecule has 0 amide bonds. The van der Waals surface area contributed by atoms with Crippen molar-refractivity contribution in [2.45, 2.75) is 43.2 Å². The topological polar surface area (TPSA) is 59.7 Å². The Morgan fingerprint density at radius 3 is 2.73 bits per heavy atom. The number of rotatable bonds is 2. The summed E-state index contributed by atoms with van der Waals surface area (Å²) in [5.74, 6) is 1.48. The van der Waals surface area contributed by atoms with Gasteiger partial charge in [0.05, 0.1) is 40.9 Å². The van der Waals surface area contributed by atoms with Gasteiger partial charge < -0.3 is 9.64 Å². The van der Waals surface area contributed by atoms with Crippen LogP contribution in [0.2, 0.25) is 5.02 Å². The van der Waals surface area contributed by atoms with Gasteiger partial charge in [-0.2, -0.15) is 5.10 Å². The highest BCUT2D eigenvalue weighted by Gasteiger charge is 2.47. The van der Waals surface area contributed by atoms with E-state index in [2.05, 4.69) is 39.0 Å². The van der Waals surface area contributed by atoms with Gasteiger partial charge in [-0.15, -0.1) is 0 Å². The number of hydrogen-bond donors (Lipinski definition) is 0. The molecule has 7 rings (SSSR count). The Morgan fingerprint density at radius 2 is 1.89 bits per heavy atom. The molecule has 3 aliphatic heterocycles. The normalized spacial score (nSPS) is 25.8. The molecule has 0 saturated heterocycles. The maximum absolute atomic E-state index is 14.1. The maximum atomic E-state index is 14.1. The fraction of sp³-hybridized carbons (Fsp3) is 0.276. The average molecular weight is 576 g/mol. The van der Waals surface area contributed by atoms with Crippen LogP contribution in [0.25, 0.3) is 11.8 Å². The van der Waals surface area contributed by atoms with Crippen molar-refractivity contribution in [2.24, 2.45) is 10.9 Å². The van der Waals surface area contributed by atoms with E-state index in [1.165, 1.54) is 0 Å². The van der Waals surface area contributed by atoms with E-state index in [9.17, 15) is 4.79 Å². The summed E-state index contributed by atoms with van der Waals surface area (Å²) in [6.07, 6.45) is 8.41. The summed E-state index contributed by atoms with van der Waals surface area (Å²) in [6, 6.07) is 15.4. The summed E-state index contributed by atoms with van der Waals surface area (Å²) in [4.78, 5) is 21.7. The molecule has 0 bridgehead atoms. The summed E-state index contributed by atoms with van der Waals surface area (Å²) in [6.45, 7) is 1.98. The first kappa shape index (κ1) is 23.0. The highest BCUT2D eigenvalue weighted by atomic mass is 79.9. The number of anilines is 1. The molecule has 8 heteroatoms. The number of fused-ring (bicyclic) bond motifs is 5. The van der Waals surface area contributed by atoms with Crippen LogP contribution in [-0.2, 0) is 9.53 Å². The smallest absolute Gasteiger partial charge is 0.171 e. The first-order valence-corrected chi connectivity index (χ1v) is 13.8. The molecule has 37 heavy (non-hydrogen) atoms. The lowest BCUT2D eigenvalue weighted by Crippen LogP contribution is -2.46. The van der Waals surface area contributed by atoms with Crippen LogP contribution in [0.1, 0.15) is 42.1 Å². The fourth-order valence-corrected chi connectivity index (χ4v) is 6.78. The van der Waals surface area contributed by atoms with Crippen LogP contribution in [-0.4, -0.2) is 32.3 Å². The third kappa shape index (κ3) is 3.62. The van der Waals surface area contributed by atoms with Crippen LogP contribution in [0.5, 0.6) is 0 Å². The Kier molecular flexibility index (Phi) is 5.41. The van der Waals surface area contributed by atoms with E-state index in [1.54, 1.807) is 6.26 Å². The fourth-order valence-electron chi connectivity index (χ4n) is 5.99. The third-order valence-electron chi connectivity index (χ3n) is 7.77. The number of nitrogens with zero attached hydrogens (tertiary/aromatic N) is 4. The summed E-state index contributed by atoms with van der Waals surface area (Å²) < 4.78 is 8.11. The number of para-hydroxylation sites is 1. The van der Waals surface area contributed by atoms with Crippen LogP contribution < -0.4 is 4.90 Å². The molecule has 6 nitrogen and oxygen atoms in total. The minimum absolute atomic E-state index is 0.0623. The van der Waals surface area contributed by atoms with Crippen LogP contribution >= 0.6 is 27.5 Å². The van der Waals surface area contributed by atoms with Crippen LogP contribution in [0.4, 0.5) is 11.5 Å². The van der Waals surface area contributed by atoms with Crippen molar-refractivity contribution < 1.29 is 9.53 Å². The SMILES string of the molecule is Cc1nn(-c2ccc(Cl)cc2)c2c1C(C1=COC3CCC(Br)CC3C1=O)N1C(=N2)C=Cc2ccccc21. The summed E-state index contributed by atoms with van der Waals surface area (Å²) in [5.41, 5.74) is 5.34. The number of carbonyl (C=O) groups excluding carboxylic acids is 1. The predicted molar refractivity (Wildman–Crippen MR) is 149 cm³/mol.